The van der Waals surface area contributed by atoms with E-state index in [0.29, 0.717) is 10.2 Å². The van der Waals surface area contributed by atoms with E-state index in [4.69, 9.17) is 4.74 Å². The molecular formula is C11H9BrN2O2. The van der Waals surface area contributed by atoms with Crippen molar-refractivity contribution in [2.75, 3.05) is 7.11 Å². The first-order valence-electron chi connectivity index (χ1n) is 4.60. The molecule has 0 aliphatic heterocycles. The van der Waals surface area contributed by atoms with Crippen LogP contribution >= 0.6 is 15.9 Å². The minimum Gasteiger partial charge on any atom is -0.497 e. The summed E-state index contributed by atoms with van der Waals surface area (Å²) in [5, 5.41) is 6.37. The number of H-pyrrole nitrogens is 1. The van der Waals surface area contributed by atoms with Crippen LogP contribution in [0.4, 0.5) is 0 Å². The Hall–Kier alpha value is -1.62. The number of halogens is 1. The van der Waals surface area contributed by atoms with Gasteiger partial charge in [-0.25, -0.2) is 5.10 Å². The van der Waals surface area contributed by atoms with Crippen LogP contribution in [0.5, 0.6) is 5.75 Å². The van der Waals surface area contributed by atoms with Crippen LogP contribution in [0.1, 0.15) is 0 Å². The van der Waals surface area contributed by atoms with Gasteiger partial charge in [-0.2, -0.15) is 5.10 Å². The number of benzene rings is 1. The van der Waals surface area contributed by atoms with Crippen LogP contribution in [0.2, 0.25) is 0 Å². The van der Waals surface area contributed by atoms with E-state index < -0.39 is 0 Å². The third-order valence-corrected chi connectivity index (χ3v) is 2.71. The molecule has 0 aliphatic carbocycles. The van der Waals surface area contributed by atoms with Gasteiger partial charge >= 0.3 is 0 Å². The van der Waals surface area contributed by atoms with Crippen molar-refractivity contribution in [3.05, 3.63) is 45.2 Å². The molecule has 16 heavy (non-hydrogen) atoms. The van der Waals surface area contributed by atoms with E-state index >= 15 is 0 Å². The highest BCUT2D eigenvalue weighted by Crippen LogP contribution is 2.22. The number of hydrogen-bond acceptors (Lipinski definition) is 3. The molecule has 1 heterocycles. The first-order valence-corrected chi connectivity index (χ1v) is 5.39. The highest BCUT2D eigenvalue weighted by atomic mass is 79.9. The third kappa shape index (κ3) is 2.14. The van der Waals surface area contributed by atoms with Crippen LogP contribution < -0.4 is 10.3 Å². The largest absolute Gasteiger partial charge is 0.497 e. The van der Waals surface area contributed by atoms with Crippen LogP contribution in [-0.2, 0) is 0 Å². The molecule has 0 radical (unpaired) electrons. The topological polar surface area (TPSA) is 55.0 Å². The number of aromatic nitrogens is 2. The molecule has 1 N–H and O–H groups in total. The summed E-state index contributed by atoms with van der Waals surface area (Å²) in [4.78, 5) is 11.1. The normalized spacial score (nSPS) is 10.1. The molecule has 0 bridgehead atoms. The molecule has 0 unspecified atom stereocenters. The number of rotatable bonds is 2. The van der Waals surface area contributed by atoms with Crippen molar-refractivity contribution in [2.45, 2.75) is 0 Å². The summed E-state index contributed by atoms with van der Waals surface area (Å²) < 4.78 is 5.58. The Kier molecular flexibility index (Phi) is 3.05. The van der Waals surface area contributed by atoms with Gasteiger partial charge in [-0.3, -0.25) is 4.79 Å². The van der Waals surface area contributed by atoms with Crippen LogP contribution in [-0.4, -0.2) is 17.3 Å². The number of aromatic amines is 1. The van der Waals surface area contributed by atoms with Gasteiger partial charge in [-0.05, 0) is 34.1 Å². The minimum absolute atomic E-state index is 0.244. The Balaban J connectivity index is 2.50. The second-order valence-corrected chi connectivity index (χ2v) is 4.02. The van der Waals surface area contributed by atoms with Crippen molar-refractivity contribution >= 4 is 15.9 Å². The van der Waals surface area contributed by atoms with Crippen molar-refractivity contribution in [2.24, 2.45) is 0 Å². The second kappa shape index (κ2) is 4.49. The van der Waals surface area contributed by atoms with Gasteiger partial charge in [0.1, 0.15) is 5.75 Å². The fourth-order valence-electron chi connectivity index (χ4n) is 1.31. The van der Waals surface area contributed by atoms with Gasteiger partial charge in [0.15, 0.2) is 0 Å². The summed E-state index contributed by atoms with van der Waals surface area (Å²) in [7, 11) is 1.61. The van der Waals surface area contributed by atoms with E-state index in [1.165, 1.54) is 0 Å². The summed E-state index contributed by atoms with van der Waals surface area (Å²) >= 11 is 3.16. The van der Waals surface area contributed by atoms with Gasteiger partial charge in [0.25, 0.3) is 5.56 Å². The molecule has 2 rings (SSSR count). The fourth-order valence-corrected chi connectivity index (χ4v) is 1.62. The Labute approximate surface area is 100 Å². The maximum atomic E-state index is 11.1. The lowest BCUT2D eigenvalue weighted by atomic mass is 10.1. The fraction of sp³-hybridized carbons (Fsp3) is 0.0909. The van der Waals surface area contributed by atoms with Gasteiger partial charge in [0.05, 0.1) is 17.3 Å². The predicted octanol–water partition coefficient (Wildman–Crippen LogP) is 2.21. The quantitative estimate of drug-likeness (QED) is 0.918. The standard InChI is InChI=1S/C11H9BrN2O2/c1-16-8-4-2-3-7(5-8)10-6-9(12)11(15)14-13-10/h2-6H,1H3,(H,14,15). The number of ether oxygens (including phenoxy) is 1. The van der Waals surface area contributed by atoms with Crippen molar-refractivity contribution in [3.63, 3.8) is 0 Å². The molecule has 4 nitrogen and oxygen atoms in total. The zero-order valence-corrected chi connectivity index (χ0v) is 10.1. The Morgan fingerprint density at radius 3 is 2.88 bits per heavy atom. The number of methoxy groups -OCH3 is 1. The maximum Gasteiger partial charge on any atom is 0.278 e. The minimum atomic E-state index is -0.244. The molecule has 2 aromatic rings. The van der Waals surface area contributed by atoms with Crippen LogP contribution in [0, 0.1) is 0 Å². The zero-order valence-electron chi connectivity index (χ0n) is 8.53. The molecule has 0 fully saturated rings. The van der Waals surface area contributed by atoms with E-state index in [0.717, 1.165) is 11.3 Å². The predicted molar refractivity (Wildman–Crippen MR) is 64.5 cm³/mol. The lowest BCUT2D eigenvalue weighted by molar-refractivity contribution is 0.415. The summed E-state index contributed by atoms with van der Waals surface area (Å²) in [6, 6.07) is 9.15. The lowest BCUT2D eigenvalue weighted by Gasteiger charge is -2.03. The number of hydrogen-bond donors (Lipinski definition) is 1. The number of nitrogens with zero attached hydrogens (tertiary/aromatic N) is 1. The lowest BCUT2D eigenvalue weighted by Crippen LogP contribution is -2.08. The van der Waals surface area contributed by atoms with Gasteiger partial charge in [-0.1, -0.05) is 12.1 Å². The van der Waals surface area contributed by atoms with Gasteiger partial charge in [0, 0.05) is 5.56 Å². The summed E-state index contributed by atoms with van der Waals surface area (Å²) in [5.41, 5.74) is 1.33. The van der Waals surface area contributed by atoms with E-state index in [1.54, 1.807) is 13.2 Å². The van der Waals surface area contributed by atoms with Crippen LogP contribution in [0.15, 0.2) is 39.6 Å². The molecular weight excluding hydrogens is 272 g/mol. The summed E-state index contributed by atoms with van der Waals surface area (Å²) in [6.07, 6.45) is 0. The van der Waals surface area contributed by atoms with Crippen molar-refractivity contribution in [3.8, 4) is 17.0 Å². The molecule has 5 heteroatoms. The van der Waals surface area contributed by atoms with E-state index in [1.807, 2.05) is 24.3 Å². The monoisotopic (exact) mass is 280 g/mol. The molecule has 0 saturated heterocycles. The average Bonchev–Trinajstić information content (AvgIpc) is 2.33. The first-order chi connectivity index (χ1) is 7.70. The molecule has 0 spiro atoms. The highest BCUT2D eigenvalue weighted by Gasteiger charge is 2.03. The van der Waals surface area contributed by atoms with E-state index in [9.17, 15) is 4.79 Å². The zero-order chi connectivity index (χ0) is 11.5. The average molecular weight is 281 g/mol. The van der Waals surface area contributed by atoms with E-state index in [2.05, 4.69) is 26.1 Å². The maximum absolute atomic E-state index is 11.1. The molecule has 0 aliphatic rings. The summed E-state index contributed by atoms with van der Waals surface area (Å²) in [6.45, 7) is 0. The third-order valence-electron chi connectivity index (χ3n) is 2.12. The highest BCUT2D eigenvalue weighted by molar-refractivity contribution is 9.10. The Morgan fingerprint density at radius 1 is 1.38 bits per heavy atom. The Morgan fingerprint density at radius 2 is 2.19 bits per heavy atom. The van der Waals surface area contributed by atoms with Crippen molar-refractivity contribution in [1.29, 1.82) is 0 Å². The van der Waals surface area contributed by atoms with Gasteiger partial charge in [-0.15, -0.1) is 0 Å². The molecule has 1 aromatic carbocycles. The summed E-state index contributed by atoms with van der Waals surface area (Å²) in [5.74, 6) is 0.752. The van der Waals surface area contributed by atoms with Crippen LogP contribution in [0.3, 0.4) is 0 Å². The number of nitrogens with one attached hydrogen (secondary N) is 1. The SMILES string of the molecule is COc1cccc(-c2cc(Br)c(=O)[nH]n2)c1. The smallest absolute Gasteiger partial charge is 0.278 e. The first kappa shape index (κ1) is 10.9. The van der Waals surface area contributed by atoms with Crippen molar-refractivity contribution < 1.29 is 4.74 Å². The molecule has 0 atom stereocenters. The van der Waals surface area contributed by atoms with Gasteiger partial charge < -0.3 is 4.74 Å². The Bertz CT molecular complexity index is 566. The van der Waals surface area contributed by atoms with Gasteiger partial charge in [0.2, 0.25) is 0 Å². The van der Waals surface area contributed by atoms with E-state index in [-0.39, 0.29) is 5.56 Å². The molecule has 1 aromatic heterocycles. The molecule has 0 amide bonds. The molecule has 82 valence electrons. The molecule has 0 saturated carbocycles. The second-order valence-electron chi connectivity index (χ2n) is 3.16. The van der Waals surface area contributed by atoms with Crippen LogP contribution in [0.25, 0.3) is 11.3 Å². The van der Waals surface area contributed by atoms with Crippen molar-refractivity contribution in [1.82, 2.24) is 10.2 Å².